The molecule has 0 radical (unpaired) electrons. The van der Waals surface area contributed by atoms with Crippen LogP contribution in [0.3, 0.4) is 0 Å². The number of pyridine rings is 1. The maximum atomic E-state index is 12.3. The van der Waals surface area contributed by atoms with Gasteiger partial charge in [-0.1, -0.05) is 6.07 Å². The summed E-state index contributed by atoms with van der Waals surface area (Å²) in [4.78, 5) is 42.9. The molecule has 2 rings (SSSR count). The molecule has 1 amide bonds. The average Bonchev–Trinajstić information content (AvgIpc) is 2.54. The molecule has 0 bridgehead atoms. The summed E-state index contributed by atoms with van der Waals surface area (Å²) < 4.78 is 5.29. The number of Topliss-reactive ketones (excluding diaryl/α,β-unsaturated/α-hetero) is 1. The second-order valence-corrected chi connectivity index (χ2v) is 6.89. The quantitative estimate of drug-likeness (QED) is 0.817. The molecule has 1 aliphatic rings. The molecule has 25 heavy (non-hydrogen) atoms. The third-order valence-electron chi connectivity index (χ3n) is 3.73. The molecule has 0 aliphatic carbocycles. The minimum Gasteiger partial charge on any atom is -0.480 e. The number of aromatic nitrogens is 1. The molecule has 1 aromatic heterocycles. The molecule has 1 aromatic rings. The SMILES string of the molecule is CC(C)(C)OC(=O)N1CCN(CC(=O)c2ccccn2)[C@H](C(=O)O)C1. The molecule has 0 unspecified atom stereocenters. The highest BCUT2D eigenvalue weighted by atomic mass is 16.6. The molecule has 1 N–H and O–H groups in total. The number of carbonyl (C=O) groups is 3. The van der Waals surface area contributed by atoms with Crippen molar-refractivity contribution in [1.29, 1.82) is 0 Å². The Hall–Kier alpha value is -2.48. The fourth-order valence-corrected chi connectivity index (χ4v) is 2.53. The summed E-state index contributed by atoms with van der Waals surface area (Å²) in [5.74, 6) is -1.33. The van der Waals surface area contributed by atoms with Crippen molar-refractivity contribution in [2.24, 2.45) is 0 Å². The van der Waals surface area contributed by atoms with Gasteiger partial charge < -0.3 is 14.7 Å². The maximum absolute atomic E-state index is 12.3. The van der Waals surface area contributed by atoms with Crippen LogP contribution in [0.15, 0.2) is 24.4 Å². The molecule has 0 spiro atoms. The molecule has 0 saturated carbocycles. The highest BCUT2D eigenvalue weighted by Crippen LogP contribution is 2.16. The molecule has 136 valence electrons. The number of hydrogen-bond donors (Lipinski definition) is 1. The number of ketones is 1. The van der Waals surface area contributed by atoms with Crippen LogP contribution in [0.2, 0.25) is 0 Å². The number of ether oxygens (including phenoxy) is 1. The van der Waals surface area contributed by atoms with Crippen LogP contribution in [0.25, 0.3) is 0 Å². The fourth-order valence-electron chi connectivity index (χ4n) is 2.53. The van der Waals surface area contributed by atoms with Gasteiger partial charge in [0.2, 0.25) is 0 Å². The number of aliphatic carboxylic acids is 1. The second kappa shape index (κ2) is 7.60. The first-order chi connectivity index (χ1) is 11.7. The Morgan fingerprint density at radius 2 is 2.00 bits per heavy atom. The van der Waals surface area contributed by atoms with Crippen molar-refractivity contribution in [3.05, 3.63) is 30.1 Å². The van der Waals surface area contributed by atoms with Crippen molar-refractivity contribution in [2.45, 2.75) is 32.4 Å². The number of carboxylic acids is 1. The lowest BCUT2D eigenvalue weighted by Crippen LogP contribution is -2.59. The summed E-state index contributed by atoms with van der Waals surface area (Å²) in [6.45, 7) is 5.74. The van der Waals surface area contributed by atoms with E-state index < -0.39 is 23.7 Å². The monoisotopic (exact) mass is 349 g/mol. The van der Waals surface area contributed by atoms with E-state index in [2.05, 4.69) is 4.98 Å². The molecular weight excluding hydrogens is 326 g/mol. The Labute approximate surface area is 146 Å². The van der Waals surface area contributed by atoms with Gasteiger partial charge in [0.15, 0.2) is 5.78 Å². The van der Waals surface area contributed by atoms with Gasteiger partial charge in [0.25, 0.3) is 0 Å². The molecule has 1 aliphatic heterocycles. The van der Waals surface area contributed by atoms with Crippen LogP contribution >= 0.6 is 0 Å². The van der Waals surface area contributed by atoms with Crippen LogP contribution in [0.5, 0.6) is 0 Å². The lowest BCUT2D eigenvalue weighted by atomic mass is 10.1. The minimum absolute atomic E-state index is 0.0280. The molecule has 1 saturated heterocycles. The van der Waals surface area contributed by atoms with Gasteiger partial charge in [-0.05, 0) is 32.9 Å². The van der Waals surface area contributed by atoms with Crippen molar-refractivity contribution in [2.75, 3.05) is 26.2 Å². The third kappa shape index (κ3) is 5.25. The normalized spacial score (nSPS) is 18.7. The van der Waals surface area contributed by atoms with Crippen LogP contribution in [0.1, 0.15) is 31.3 Å². The Morgan fingerprint density at radius 3 is 2.56 bits per heavy atom. The zero-order chi connectivity index (χ0) is 18.6. The van der Waals surface area contributed by atoms with Gasteiger partial charge >= 0.3 is 12.1 Å². The van der Waals surface area contributed by atoms with Crippen molar-refractivity contribution in [3.63, 3.8) is 0 Å². The van der Waals surface area contributed by atoms with Crippen LogP contribution < -0.4 is 0 Å². The summed E-state index contributed by atoms with van der Waals surface area (Å²) in [6.07, 6.45) is 0.969. The van der Waals surface area contributed by atoms with Gasteiger partial charge in [-0.15, -0.1) is 0 Å². The Kier molecular flexibility index (Phi) is 5.73. The number of hydrogen-bond acceptors (Lipinski definition) is 6. The smallest absolute Gasteiger partial charge is 0.410 e. The highest BCUT2D eigenvalue weighted by Gasteiger charge is 2.36. The largest absolute Gasteiger partial charge is 0.480 e. The number of carbonyl (C=O) groups excluding carboxylic acids is 2. The number of piperazine rings is 1. The number of rotatable bonds is 4. The van der Waals surface area contributed by atoms with E-state index in [0.29, 0.717) is 12.2 Å². The predicted molar refractivity (Wildman–Crippen MR) is 89.4 cm³/mol. The minimum atomic E-state index is -1.08. The Balaban J connectivity index is 2.03. The van der Waals surface area contributed by atoms with E-state index in [0.717, 1.165) is 0 Å². The summed E-state index contributed by atoms with van der Waals surface area (Å²) >= 11 is 0. The molecule has 0 aromatic carbocycles. The molecule has 8 heteroatoms. The second-order valence-electron chi connectivity index (χ2n) is 6.89. The van der Waals surface area contributed by atoms with Gasteiger partial charge in [-0.25, -0.2) is 4.79 Å². The summed E-state index contributed by atoms with van der Waals surface area (Å²) in [7, 11) is 0. The van der Waals surface area contributed by atoms with Crippen molar-refractivity contribution >= 4 is 17.8 Å². The highest BCUT2D eigenvalue weighted by molar-refractivity contribution is 5.96. The molecule has 8 nitrogen and oxygen atoms in total. The molecule has 1 fully saturated rings. The van der Waals surface area contributed by atoms with Gasteiger partial charge in [0.1, 0.15) is 17.3 Å². The lowest BCUT2D eigenvalue weighted by Gasteiger charge is -2.39. The molecular formula is C17H23N3O5. The van der Waals surface area contributed by atoms with Crippen molar-refractivity contribution in [3.8, 4) is 0 Å². The van der Waals surface area contributed by atoms with E-state index in [9.17, 15) is 19.5 Å². The zero-order valence-corrected chi connectivity index (χ0v) is 14.6. The van der Waals surface area contributed by atoms with Crippen LogP contribution in [-0.2, 0) is 9.53 Å². The van der Waals surface area contributed by atoms with Gasteiger partial charge in [0, 0.05) is 19.3 Å². The van der Waals surface area contributed by atoms with E-state index >= 15 is 0 Å². The molecule has 1 atom stereocenters. The van der Waals surface area contributed by atoms with Crippen LogP contribution in [-0.4, -0.2) is 75.6 Å². The van der Waals surface area contributed by atoms with E-state index in [-0.39, 0.29) is 25.4 Å². The lowest BCUT2D eigenvalue weighted by molar-refractivity contribution is -0.145. The standard InChI is InChI=1S/C17H23N3O5/c1-17(2,3)25-16(24)20-9-8-19(13(10-20)15(22)23)11-14(21)12-6-4-5-7-18-12/h4-7,13H,8-11H2,1-3H3,(H,22,23)/t13-/m0/s1. The topological polar surface area (TPSA) is 100 Å². The van der Waals surface area contributed by atoms with E-state index in [4.69, 9.17) is 4.74 Å². The Bertz CT molecular complexity index is 641. The predicted octanol–water partition coefficient (Wildman–Crippen LogP) is 1.27. The van der Waals surface area contributed by atoms with E-state index in [1.54, 1.807) is 43.9 Å². The van der Waals surface area contributed by atoms with Gasteiger partial charge in [-0.2, -0.15) is 0 Å². The molecule has 2 heterocycles. The average molecular weight is 349 g/mol. The van der Waals surface area contributed by atoms with Crippen molar-refractivity contribution in [1.82, 2.24) is 14.8 Å². The summed E-state index contributed by atoms with van der Waals surface area (Å²) in [6, 6.07) is 4.04. The first kappa shape index (κ1) is 18.9. The fraction of sp³-hybridized carbons (Fsp3) is 0.529. The van der Waals surface area contributed by atoms with Crippen molar-refractivity contribution < 1.29 is 24.2 Å². The van der Waals surface area contributed by atoms with E-state index in [1.165, 1.54) is 11.1 Å². The zero-order valence-electron chi connectivity index (χ0n) is 14.6. The van der Waals surface area contributed by atoms with Gasteiger partial charge in [0.05, 0.1) is 13.1 Å². The number of nitrogens with zero attached hydrogens (tertiary/aromatic N) is 3. The van der Waals surface area contributed by atoms with Crippen LogP contribution in [0.4, 0.5) is 4.79 Å². The van der Waals surface area contributed by atoms with Gasteiger partial charge in [-0.3, -0.25) is 19.5 Å². The maximum Gasteiger partial charge on any atom is 0.410 e. The third-order valence-corrected chi connectivity index (χ3v) is 3.73. The Morgan fingerprint density at radius 1 is 1.28 bits per heavy atom. The summed E-state index contributed by atoms with van der Waals surface area (Å²) in [5, 5.41) is 9.48. The first-order valence-corrected chi connectivity index (χ1v) is 8.06. The van der Waals surface area contributed by atoms with Crippen LogP contribution in [0, 0.1) is 0 Å². The van der Waals surface area contributed by atoms with E-state index in [1.807, 2.05) is 0 Å². The summed E-state index contributed by atoms with van der Waals surface area (Å²) in [5.41, 5.74) is -0.358. The number of amides is 1. The first-order valence-electron chi connectivity index (χ1n) is 8.06. The number of carboxylic acid groups (broad SMARTS) is 1.